The highest BCUT2D eigenvalue weighted by atomic mass is 32.2. The van der Waals surface area contributed by atoms with Gasteiger partial charge in [-0.3, -0.25) is 0 Å². The average Bonchev–Trinajstić information content (AvgIpc) is 2.44. The van der Waals surface area contributed by atoms with Gasteiger partial charge in [0.05, 0.1) is 7.11 Å². The summed E-state index contributed by atoms with van der Waals surface area (Å²) < 4.78 is 32.6. The number of nitrogens with one attached hydrogen (secondary N) is 1. The van der Waals surface area contributed by atoms with E-state index in [1.165, 1.54) is 13.2 Å². The van der Waals surface area contributed by atoms with Crippen molar-refractivity contribution in [3.05, 3.63) is 23.8 Å². The van der Waals surface area contributed by atoms with Crippen molar-refractivity contribution in [3.63, 3.8) is 0 Å². The predicted molar refractivity (Wildman–Crippen MR) is 81.6 cm³/mol. The number of rotatable bonds is 6. The summed E-state index contributed by atoms with van der Waals surface area (Å²) in [6, 6.07) is 4.50. The van der Waals surface area contributed by atoms with E-state index in [-0.39, 0.29) is 23.3 Å². The molecule has 0 saturated heterocycles. The Balaban J connectivity index is 3.19. The molecule has 5 nitrogen and oxygen atoms in total. The van der Waals surface area contributed by atoms with Crippen LogP contribution in [0.3, 0.4) is 0 Å². The lowest BCUT2D eigenvalue weighted by molar-refractivity contribution is 0.350. The van der Waals surface area contributed by atoms with Crippen LogP contribution in [-0.4, -0.2) is 33.3 Å². The van der Waals surface area contributed by atoms with Gasteiger partial charge in [-0.2, -0.15) is 0 Å². The maximum atomic E-state index is 12.4. The molecule has 0 heterocycles. The van der Waals surface area contributed by atoms with Crippen molar-refractivity contribution >= 4 is 10.0 Å². The molecule has 0 aliphatic carbocycles. The minimum Gasteiger partial charge on any atom is -0.495 e. The fraction of sp³-hybridized carbons (Fsp3) is 0.467. The second-order valence-electron chi connectivity index (χ2n) is 4.64. The van der Waals surface area contributed by atoms with Crippen molar-refractivity contribution in [2.75, 3.05) is 13.7 Å². The number of sulfonamides is 1. The Kier molecular flexibility index (Phi) is 6.69. The fourth-order valence-electron chi connectivity index (χ4n) is 1.93. The van der Waals surface area contributed by atoms with E-state index >= 15 is 0 Å². The molecule has 2 N–H and O–H groups in total. The molecule has 0 saturated carbocycles. The number of aliphatic hydroxyl groups excluding tert-OH is 1. The number of ether oxygens (including phenoxy) is 1. The van der Waals surface area contributed by atoms with Crippen LogP contribution < -0.4 is 9.46 Å². The van der Waals surface area contributed by atoms with E-state index in [1.54, 1.807) is 12.1 Å². The van der Waals surface area contributed by atoms with Crippen molar-refractivity contribution in [2.24, 2.45) is 0 Å². The van der Waals surface area contributed by atoms with Crippen LogP contribution in [0, 0.1) is 11.8 Å². The maximum absolute atomic E-state index is 12.4. The molecule has 21 heavy (non-hydrogen) atoms. The molecule has 1 aromatic rings. The molecular formula is C15H21NO4S. The van der Waals surface area contributed by atoms with Gasteiger partial charge in [0.2, 0.25) is 10.0 Å². The smallest absolute Gasteiger partial charge is 0.244 e. The first-order valence-corrected chi connectivity index (χ1v) is 8.23. The van der Waals surface area contributed by atoms with Gasteiger partial charge in [-0.25, -0.2) is 13.1 Å². The Morgan fingerprint density at radius 2 is 2.14 bits per heavy atom. The molecule has 1 atom stereocenters. The van der Waals surface area contributed by atoms with E-state index < -0.39 is 10.0 Å². The van der Waals surface area contributed by atoms with Crippen LogP contribution in [0.2, 0.25) is 0 Å². The minimum absolute atomic E-state index is 0.0534. The van der Waals surface area contributed by atoms with Crippen LogP contribution in [-0.2, 0) is 10.0 Å². The summed E-state index contributed by atoms with van der Waals surface area (Å²) in [4.78, 5) is 0.0534. The zero-order valence-corrected chi connectivity index (χ0v) is 13.3. The van der Waals surface area contributed by atoms with Crippen LogP contribution in [0.5, 0.6) is 5.75 Å². The van der Waals surface area contributed by atoms with Gasteiger partial charge in [-0.15, -0.1) is 0 Å². The molecule has 0 fully saturated rings. The summed E-state index contributed by atoms with van der Waals surface area (Å²) in [5, 5.41) is 8.71. The first-order chi connectivity index (χ1) is 9.94. The number of benzene rings is 1. The Morgan fingerprint density at radius 3 is 2.71 bits per heavy atom. The van der Waals surface area contributed by atoms with E-state index in [0.29, 0.717) is 5.56 Å². The summed E-state index contributed by atoms with van der Waals surface area (Å²) in [7, 11) is -2.26. The van der Waals surface area contributed by atoms with Crippen molar-refractivity contribution in [1.82, 2.24) is 4.72 Å². The molecule has 0 amide bonds. The van der Waals surface area contributed by atoms with Crippen molar-refractivity contribution in [2.45, 2.75) is 37.6 Å². The Labute approximate surface area is 126 Å². The van der Waals surface area contributed by atoms with Gasteiger partial charge in [0.15, 0.2) is 0 Å². The number of hydrogen-bond acceptors (Lipinski definition) is 4. The van der Waals surface area contributed by atoms with Crippen molar-refractivity contribution < 1.29 is 18.3 Å². The standard InChI is InChI=1S/C15H21NO4S/c1-4-6-12(2)16-21(18,19)15-11-13(7-5-10-17)8-9-14(15)20-3/h8-9,11-12,16-17H,4,6,10H2,1-3H3. The Hall–Kier alpha value is -1.55. The number of aliphatic hydroxyl groups is 1. The lowest BCUT2D eigenvalue weighted by atomic mass is 10.2. The molecule has 0 bridgehead atoms. The SMILES string of the molecule is CCCC(C)NS(=O)(=O)c1cc(C#CCO)ccc1OC. The molecular weight excluding hydrogens is 290 g/mol. The highest BCUT2D eigenvalue weighted by Crippen LogP contribution is 2.25. The van der Waals surface area contributed by atoms with Crippen molar-refractivity contribution in [3.8, 4) is 17.6 Å². The monoisotopic (exact) mass is 311 g/mol. The predicted octanol–water partition coefficient (Wildman–Crippen LogP) is 1.51. The summed E-state index contributed by atoms with van der Waals surface area (Å²) in [5.74, 6) is 5.44. The summed E-state index contributed by atoms with van der Waals surface area (Å²) in [5.41, 5.74) is 0.508. The number of methoxy groups -OCH3 is 1. The molecule has 116 valence electrons. The first-order valence-electron chi connectivity index (χ1n) is 6.74. The van der Waals surface area contributed by atoms with E-state index in [1.807, 2.05) is 13.8 Å². The van der Waals surface area contributed by atoms with Gasteiger partial charge in [-0.05, 0) is 31.5 Å². The molecule has 1 unspecified atom stereocenters. The Morgan fingerprint density at radius 1 is 1.43 bits per heavy atom. The third-order valence-electron chi connectivity index (χ3n) is 2.84. The molecule has 0 aliphatic rings. The van der Waals surface area contributed by atoms with Gasteiger partial charge in [0.1, 0.15) is 17.3 Å². The van der Waals surface area contributed by atoms with E-state index in [0.717, 1.165) is 12.8 Å². The molecule has 0 spiro atoms. The molecule has 0 radical (unpaired) electrons. The lowest BCUT2D eigenvalue weighted by Gasteiger charge is -2.15. The third-order valence-corrected chi connectivity index (χ3v) is 4.45. The van der Waals surface area contributed by atoms with Crippen LogP contribution in [0.15, 0.2) is 23.1 Å². The van der Waals surface area contributed by atoms with E-state index in [2.05, 4.69) is 16.6 Å². The van der Waals surface area contributed by atoms with E-state index in [9.17, 15) is 8.42 Å². The fourth-order valence-corrected chi connectivity index (χ4v) is 3.40. The van der Waals surface area contributed by atoms with Gasteiger partial charge < -0.3 is 9.84 Å². The van der Waals surface area contributed by atoms with Crippen LogP contribution >= 0.6 is 0 Å². The molecule has 1 aromatic carbocycles. The quantitative estimate of drug-likeness (QED) is 0.781. The van der Waals surface area contributed by atoms with Crippen LogP contribution in [0.25, 0.3) is 0 Å². The molecule has 0 aliphatic heterocycles. The second kappa shape index (κ2) is 8.03. The average molecular weight is 311 g/mol. The Bertz CT molecular complexity index is 629. The van der Waals surface area contributed by atoms with Crippen LogP contribution in [0.4, 0.5) is 0 Å². The zero-order valence-electron chi connectivity index (χ0n) is 12.5. The highest BCUT2D eigenvalue weighted by Gasteiger charge is 2.21. The van der Waals surface area contributed by atoms with E-state index in [4.69, 9.17) is 9.84 Å². The van der Waals surface area contributed by atoms with Gasteiger partial charge >= 0.3 is 0 Å². The second-order valence-corrected chi connectivity index (χ2v) is 6.32. The van der Waals surface area contributed by atoms with Crippen LogP contribution in [0.1, 0.15) is 32.3 Å². The molecule has 0 aromatic heterocycles. The minimum atomic E-state index is -3.68. The van der Waals surface area contributed by atoms with Gasteiger partial charge in [0.25, 0.3) is 0 Å². The largest absolute Gasteiger partial charge is 0.495 e. The molecule has 1 rings (SSSR count). The van der Waals surface area contributed by atoms with Crippen molar-refractivity contribution in [1.29, 1.82) is 0 Å². The lowest BCUT2D eigenvalue weighted by Crippen LogP contribution is -2.32. The topological polar surface area (TPSA) is 75.6 Å². The normalized spacial score (nSPS) is 12.4. The first kappa shape index (κ1) is 17.5. The third kappa shape index (κ3) is 5.05. The maximum Gasteiger partial charge on any atom is 0.244 e. The summed E-state index contributed by atoms with van der Waals surface area (Å²) >= 11 is 0. The zero-order chi connectivity index (χ0) is 15.9. The van der Waals surface area contributed by atoms with Gasteiger partial charge in [-0.1, -0.05) is 25.2 Å². The summed E-state index contributed by atoms with van der Waals surface area (Å²) in [6.07, 6.45) is 1.65. The molecule has 6 heteroatoms. The summed E-state index contributed by atoms with van der Waals surface area (Å²) in [6.45, 7) is 3.54. The van der Waals surface area contributed by atoms with Gasteiger partial charge in [0, 0.05) is 11.6 Å². The highest BCUT2D eigenvalue weighted by molar-refractivity contribution is 7.89. The number of hydrogen-bond donors (Lipinski definition) is 2.